The molecule has 1 aromatic heterocycles. The predicted molar refractivity (Wildman–Crippen MR) is 74.7 cm³/mol. The molecule has 1 N–H and O–H groups in total. The Bertz CT molecular complexity index is 343. The zero-order chi connectivity index (χ0) is 12.8. The highest BCUT2D eigenvalue weighted by atomic mass is 32.2. The first kappa shape index (κ1) is 14.5. The van der Waals surface area contributed by atoms with E-state index in [2.05, 4.69) is 36.1 Å². The molecule has 0 saturated carbocycles. The molecule has 1 atom stereocenters. The Morgan fingerprint density at radius 2 is 1.76 bits per heavy atom. The van der Waals surface area contributed by atoms with Crippen molar-refractivity contribution in [3.05, 3.63) is 17.0 Å². The van der Waals surface area contributed by atoms with Crippen molar-refractivity contribution in [3.8, 4) is 0 Å². The highest BCUT2D eigenvalue weighted by Gasteiger charge is 2.09. The van der Waals surface area contributed by atoms with E-state index in [4.69, 9.17) is 0 Å². The molecular formula is C13H23N3S. The molecule has 0 saturated heterocycles. The molecule has 1 rings (SSSR count). The molecule has 0 aliphatic heterocycles. The number of thioether (sulfide) groups is 1. The average Bonchev–Trinajstić information content (AvgIpc) is 2.26. The smallest absolute Gasteiger partial charge is 0.188 e. The molecule has 0 aliphatic rings. The van der Waals surface area contributed by atoms with Crippen LogP contribution in [0, 0.1) is 20.8 Å². The van der Waals surface area contributed by atoms with Crippen LogP contribution in [0.2, 0.25) is 0 Å². The highest BCUT2D eigenvalue weighted by Crippen LogP contribution is 2.21. The van der Waals surface area contributed by atoms with Gasteiger partial charge in [-0.1, -0.05) is 25.6 Å². The van der Waals surface area contributed by atoms with E-state index in [0.29, 0.717) is 5.25 Å². The summed E-state index contributed by atoms with van der Waals surface area (Å²) in [4.78, 5) is 9.05. The van der Waals surface area contributed by atoms with E-state index in [1.807, 2.05) is 13.8 Å². The Hall–Kier alpha value is -0.610. The first-order chi connectivity index (χ1) is 8.04. The van der Waals surface area contributed by atoms with E-state index in [-0.39, 0.29) is 0 Å². The maximum Gasteiger partial charge on any atom is 0.188 e. The Balaban J connectivity index is 2.56. The lowest BCUT2D eigenvalue weighted by molar-refractivity contribution is 0.667. The minimum absolute atomic E-state index is 0.503. The van der Waals surface area contributed by atoms with E-state index in [0.717, 1.165) is 29.6 Å². The van der Waals surface area contributed by atoms with Gasteiger partial charge in [-0.2, -0.15) is 0 Å². The molecule has 1 heterocycles. The standard InChI is InChI=1S/C13H23N3S/c1-6-7-14-8-9(2)17-13-15-11(4)10(3)12(5)16-13/h9,14H,6-8H2,1-5H3. The van der Waals surface area contributed by atoms with Crippen molar-refractivity contribution in [1.29, 1.82) is 0 Å². The molecule has 4 heteroatoms. The molecule has 3 nitrogen and oxygen atoms in total. The molecule has 1 aromatic rings. The average molecular weight is 253 g/mol. The fraction of sp³-hybridized carbons (Fsp3) is 0.692. The number of nitrogens with zero attached hydrogens (tertiary/aromatic N) is 2. The lowest BCUT2D eigenvalue weighted by Gasteiger charge is -2.12. The minimum atomic E-state index is 0.503. The largest absolute Gasteiger partial charge is 0.316 e. The van der Waals surface area contributed by atoms with Crippen molar-refractivity contribution in [2.75, 3.05) is 13.1 Å². The Morgan fingerprint density at radius 3 is 2.29 bits per heavy atom. The van der Waals surface area contributed by atoms with Gasteiger partial charge in [0, 0.05) is 23.2 Å². The van der Waals surface area contributed by atoms with Gasteiger partial charge in [0.05, 0.1) is 0 Å². The fourth-order valence-corrected chi connectivity index (χ4v) is 2.44. The van der Waals surface area contributed by atoms with Gasteiger partial charge < -0.3 is 5.32 Å². The third kappa shape index (κ3) is 4.64. The quantitative estimate of drug-likeness (QED) is 0.480. The van der Waals surface area contributed by atoms with Crippen LogP contribution in [0.25, 0.3) is 0 Å². The van der Waals surface area contributed by atoms with Gasteiger partial charge in [-0.25, -0.2) is 9.97 Å². The summed E-state index contributed by atoms with van der Waals surface area (Å²) in [5.74, 6) is 0. The number of hydrogen-bond acceptors (Lipinski definition) is 4. The van der Waals surface area contributed by atoms with Crippen molar-refractivity contribution >= 4 is 11.8 Å². The van der Waals surface area contributed by atoms with Crippen LogP contribution < -0.4 is 5.32 Å². The summed E-state index contributed by atoms with van der Waals surface area (Å²) < 4.78 is 0. The van der Waals surface area contributed by atoms with Crippen molar-refractivity contribution in [2.45, 2.75) is 51.4 Å². The van der Waals surface area contributed by atoms with Crippen LogP contribution in [0.15, 0.2) is 5.16 Å². The number of nitrogens with one attached hydrogen (secondary N) is 1. The van der Waals surface area contributed by atoms with Gasteiger partial charge in [-0.05, 0) is 39.3 Å². The lowest BCUT2D eigenvalue weighted by Crippen LogP contribution is -2.23. The van der Waals surface area contributed by atoms with Gasteiger partial charge in [0.25, 0.3) is 0 Å². The molecular weight excluding hydrogens is 230 g/mol. The molecule has 1 unspecified atom stereocenters. The van der Waals surface area contributed by atoms with Crippen LogP contribution >= 0.6 is 11.8 Å². The maximum absolute atomic E-state index is 4.53. The van der Waals surface area contributed by atoms with Crippen LogP contribution in [0.3, 0.4) is 0 Å². The topological polar surface area (TPSA) is 37.8 Å². The normalized spacial score (nSPS) is 12.8. The van der Waals surface area contributed by atoms with Gasteiger partial charge in [-0.3, -0.25) is 0 Å². The van der Waals surface area contributed by atoms with Gasteiger partial charge in [0.15, 0.2) is 5.16 Å². The number of aryl methyl sites for hydroxylation is 2. The second-order valence-corrected chi connectivity index (χ2v) is 5.84. The maximum atomic E-state index is 4.53. The van der Waals surface area contributed by atoms with E-state index < -0.39 is 0 Å². The van der Waals surface area contributed by atoms with Gasteiger partial charge in [-0.15, -0.1) is 0 Å². The number of hydrogen-bond donors (Lipinski definition) is 1. The van der Waals surface area contributed by atoms with E-state index in [1.54, 1.807) is 11.8 Å². The van der Waals surface area contributed by atoms with Crippen molar-refractivity contribution < 1.29 is 0 Å². The molecule has 0 radical (unpaired) electrons. The lowest BCUT2D eigenvalue weighted by atomic mass is 10.2. The first-order valence-corrected chi connectivity index (χ1v) is 7.11. The third-order valence-corrected chi connectivity index (χ3v) is 3.74. The predicted octanol–water partition coefficient (Wildman–Crippen LogP) is 2.88. The molecule has 96 valence electrons. The summed E-state index contributed by atoms with van der Waals surface area (Å²) >= 11 is 1.75. The third-order valence-electron chi connectivity index (χ3n) is 2.78. The monoisotopic (exact) mass is 253 g/mol. The van der Waals surface area contributed by atoms with Gasteiger partial charge >= 0.3 is 0 Å². The molecule has 0 amide bonds. The second-order valence-electron chi connectivity index (χ2n) is 4.43. The molecule has 0 aliphatic carbocycles. The van der Waals surface area contributed by atoms with E-state index in [9.17, 15) is 0 Å². The zero-order valence-electron chi connectivity index (χ0n) is 11.5. The van der Waals surface area contributed by atoms with Crippen LogP contribution in [-0.4, -0.2) is 28.3 Å². The number of aromatic nitrogens is 2. The van der Waals surface area contributed by atoms with Crippen molar-refractivity contribution in [2.24, 2.45) is 0 Å². The van der Waals surface area contributed by atoms with E-state index in [1.165, 1.54) is 12.0 Å². The SMILES string of the molecule is CCCNCC(C)Sc1nc(C)c(C)c(C)n1. The molecule has 0 spiro atoms. The Labute approximate surface area is 109 Å². The number of rotatable bonds is 6. The van der Waals surface area contributed by atoms with Crippen molar-refractivity contribution in [1.82, 2.24) is 15.3 Å². The van der Waals surface area contributed by atoms with Crippen LogP contribution in [0.1, 0.15) is 37.2 Å². The summed E-state index contributed by atoms with van der Waals surface area (Å²) in [5, 5.41) is 4.82. The van der Waals surface area contributed by atoms with Gasteiger partial charge in [0.2, 0.25) is 0 Å². The molecule has 17 heavy (non-hydrogen) atoms. The summed E-state index contributed by atoms with van der Waals surface area (Å²) in [6.07, 6.45) is 1.18. The molecule has 0 aromatic carbocycles. The molecule has 0 bridgehead atoms. The van der Waals surface area contributed by atoms with E-state index >= 15 is 0 Å². The first-order valence-electron chi connectivity index (χ1n) is 6.23. The summed E-state index contributed by atoms with van der Waals surface area (Å²) in [5.41, 5.74) is 3.38. The fourth-order valence-electron chi connectivity index (χ4n) is 1.50. The Kier molecular flexibility index (Phi) is 5.92. The summed E-state index contributed by atoms with van der Waals surface area (Å²) in [7, 11) is 0. The summed E-state index contributed by atoms with van der Waals surface area (Å²) in [6.45, 7) is 12.7. The van der Waals surface area contributed by atoms with Crippen LogP contribution in [0.5, 0.6) is 0 Å². The highest BCUT2D eigenvalue weighted by molar-refractivity contribution is 7.99. The zero-order valence-corrected chi connectivity index (χ0v) is 12.3. The van der Waals surface area contributed by atoms with Gasteiger partial charge in [0.1, 0.15) is 0 Å². The molecule has 0 fully saturated rings. The second kappa shape index (κ2) is 6.97. The van der Waals surface area contributed by atoms with Crippen LogP contribution in [-0.2, 0) is 0 Å². The Morgan fingerprint density at radius 1 is 1.18 bits per heavy atom. The summed E-state index contributed by atoms with van der Waals surface area (Å²) in [6, 6.07) is 0. The van der Waals surface area contributed by atoms with Crippen LogP contribution in [0.4, 0.5) is 0 Å². The minimum Gasteiger partial charge on any atom is -0.316 e. The van der Waals surface area contributed by atoms with Crippen molar-refractivity contribution in [3.63, 3.8) is 0 Å².